The van der Waals surface area contributed by atoms with Crippen molar-refractivity contribution in [2.75, 3.05) is 0 Å². The van der Waals surface area contributed by atoms with Crippen LogP contribution in [0, 0.1) is 5.41 Å². The maximum Gasteiger partial charge on any atom is 0.0960 e. The second kappa shape index (κ2) is 3.77. The van der Waals surface area contributed by atoms with E-state index in [-0.39, 0.29) is 11.5 Å². The molecule has 2 heteroatoms. The standard InChI is InChI=1S/C12H18O2/c1-12(6-3-2-4-7-12)11(13)10-5-8-14-9-10/h5,8-9,11,13H,2-4,6-7H2,1H3. The van der Waals surface area contributed by atoms with Gasteiger partial charge in [-0.05, 0) is 24.3 Å². The van der Waals surface area contributed by atoms with Crippen molar-refractivity contribution in [3.63, 3.8) is 0 Å². The Morgan fingerprint density at radius 3 is 2.64 bits per heavy atom. The third-order valence-electron chi connectivity index (χ3n) is 3.51. The van der Waals surface area contributed by atoms with Crippen molar-refractivity contribution in [1.82, 2.24) is 0 Å². The molecule has 0 bridgehead atoms. The summed E-state index contributed by atoms with van der Waals surface area (Å²) in [6.07, 6.45) is 8.97. The molecule has 1 atom stereocenters. The number of furan rings is 1. The fourth-order valence-corrected chi connectivity index (χ4v) is 2.47. The minimum absolute atomic E-state index is 0.0577. The molecule has 1 N–H and O–H groups in total. The van der Waals surface area contributed by atoms with Gasteiger partial charge in [-0.3, -0.25) is 0 Å². The second-order valence-corrected chi connectivity index (χ2v) is 4.67. The maximum absolute atomic E-state index is 10.2. The van der Waals surface area contributed by atoms with Gasteiger partial charge in [0.05, 0.1) is 18.6 Å². The lowest BCUT2D eigenvalue weighted by molar-refractivity contribution is 0.00782. The molecule has 2 rings (SSSR count). The fraction of sp³-hybridized carbons (Fsp3) is 0.667. The predicted octanol–water partition coefficient (Wildman–Crippen LogP) is 3.28. The molecule has 1 saturated carbocycles. The lowest BCUT2D eigenvalue weighted by atomic mass is 9.70. The van der Waals surface area contributed by atoms with E-state index in [1.165, 1.54) is 19.3 Å². The van der Waals surface area contributed by atoms with E-state index < -0.39 is 0 Å². The Kier molecular flexibility index (Phi) is 2.64. The number of aliphatic hydroxyl groups is 1. The van der Waals surface area contributed by atoms with Gasteiger partial charge in [-0.15, -0.1) is 0 Å². The molecule has 1 aliphatic carbocycles. The molecule has 0 spiro atoms. The average molecular weight is 194 g/mol. The summed E-state index contributed by atoms with van der Waals surface area (Å²) in [5.41, 5.74) is 0.983. The fourth-order valence-electron chi connectivity index (χ4n) is 2.47. The highest BCUT2D eigenvalue weighted by atomic mass is 16.3. The second-order valence-electron chi connectivity index (χ2n) is 4.67. The van der Waals surface area contributed by atoms with E-state index in [4.69, 9.17) is 4.42 Å². The van der Waals surface area contributed by atoms with E-state index in [0.717, 1.165) is 18.4 Å². The molecule has 14 heavy (non-hydrogen) atoms. The number of aliphatic hydroxyl groups excluding tert-OH is 1. The van der Waals surface area contributed by atoms with Crippen LogP contribution in [-0.4, -0.2) is 5.11 Å². The first-order valence-electron chi connectivity index (χ1n) is 5.42. The van der Waals surface area contributed by atoms with Gasteiger partial charge in [0, 0.05) is 5.56 Å². The predicted molar refractivity (Wildman–Crippen MR) is 54.9 cm³/mol. The van der Waals surface area contributed by atoms with Crippen molar-refractivity contribution in [3.8, 4) is 0 Å². The highest BCUT2D eigenvalue weighted by Gasteiger charge is 2.35. The first kappa shape index (κ1) is 9.78. The van der Waals surface area contributed by atoms with E-state index in [2.05, 4.69) is 6.92 Å². The van der Waals surface area contributed by atoms with Crippen molar-refractivity contribution >= 4 is 0 Å². The first-order valence-corrected chi connectivity index (χ1v) is 5.42. The normalized spacial score (nSPS) is 23.3. The molecule has 0 aromatic carbocycles. The Labute approximate surface area is 84.9 Å². The minimum atomic E-state index is -0.360. The Hall–Kier alpha value is -0.760. The quantitative estimate of drug-likeness (QED) is 0.783. The van der Waals surface area contributed by atoms with Crippen molar-refractivity contribution in [1.29, 1.82) is 0 Å². The maximum atomic E-state index is 10.2. The monoisotopic (exact) mass is 194 g/mol. The first-order chi connectivity index (χ1) is 6.72. The van der Waals surface area contributed by atoms with Crippen LogP contribution in [0.2, 0.25) is 0 Å². The van der Waals surface area contributed by atoms with E-state index in [9.17, 15) is 5.11 Å². The summed E-state index contributed by atoms with van der Waals surface area (Å²) in [4.78, 5) is 0. The van der Waals surface area contributed by atoms with Crippen LogP contribution in [0.3, 0.4) is 0 Å². The molecular weight excluding hydrogens is 176 g/mol. The van der Waals surface area contributed by atoms with Crippen molar-refractivity contribution in [2.24, 2.45) is 5.41 Å². The van der Waals surface area contributed by atoms with Crippen molar-refractivity contribution in [3.05, 3.63) is 24.2 Å². The van der Waals surface area contributed by atoms with Crippen LogP contribution in [0.4, 0.5) is 0 Å². The van der Waals surface area contributed by atoms with Gasteiger partial charge in [0.15, 0.2) is 0 Å². The van der Waals surface area contributed by atoms with Gasteiger partial charge < -0.3 is 9.52 Å². The van der Waals surface area contributed by atoms with Crippen LogP contribution >= 0.6 is 0 Å². The van der Waals surface area contributed by atoms with Crippen LogP contribution < -0.4 is 0 Å². The van der Waals surface area contributed by atoms with Crippen molar-refractivity contribution < 1.29 is 9.52 Å². The Morgan fingerprint density at radius 2 is 2.07 bits per heavy atom. The Morgan fingerprint density at radius 1 is 1.36 bits per heavy atom. The zero-order valence-electron chi connectivity index (χ0n) is 8.70. The molecule has 1 aromatic heterocycles. The number of hydrogen-bond donors (Lipinski definition) is 1. The smallest absolute Gasteiger partial charge is 0.0960 e. The zero-order valence-corrected chi connectivity index (χ0v) is 8.70. The summed E-state index contributed by atoms with van der Waals surface area (Å²) in [6.45, 7) is 2.18. The SMILES string of the molecule is CC1(C(O)c2ccoc2)CCCCC1. The summed E-state index contributed by atoms with van der Waals surface area (Å²) < 4.78 is 5.01. The van der Waals surface area contributed by atoms with Gasteiger partial charge in [0.2, 0.25) is 0 Å². The molecule has 1 heterocycles. The largest absolute Gasteiger partial charge is 0.472 e. The molecule has 1 aromatic rings. The van der Waals surface area contributed by atoms with Crippen LogP contribution in [-0.2, 0) is 0 Å². The van der Waals surface area contributed by atoms with Gasteiger partial charge >= 0.3 is 0 Å². The van der Waals surface area contributed by atoms with E-state index in [0.29, 0.717) is 0 Å². The summed E-state index contributed by atoms with van der Waals surface area (Å²) in [7, 11) is 0. The van der Waals surface area contributed by atoms with E-state index in [1.807, 2.05) is 6.07 Å². The van der Waals surface area contributed by atoms with Crippen LogP contribution in [0.25, 0.3) is 0 Å². The number of rotatable bonds is 2. The summed E-state index contributed by atoms with van der Waals surface area (Å²) in [5.74, 6) is 0. The van der Waals surface area contributed by atoms with Gasteiger partial charge in [-0.25, -0.2) is 0 Å². The molecule has 1 unspecified atom stereocenters. The third-order valence-corrected chi connectivity index (χ3v) is 3.51. The van der Waals surface area contributed by atoms with Gasteiger partial charge in [0.1, 0.15) is 0 Å². The summed E-state index contributed by atoms with van der Waals surface area (Å²) in [5, 5.41) is 10.2. The molecule has 2 nitrogen and oxygen atoms in total. The highest BCUT2D eigenvalue weighted by molar-refractivity contribution is 5.12. The molecule has 0 saturated heterocycles. The molecule has 1 aliphatic rings. The molecule has 0 amide bonds. The lowest BCUT2D eigenvalue weighted by Gasteiger charge is -2.37. The van der Waals surface area contributed by atoms with E-state index in [1.54, 1.807) is 12.5 Å². The third kappa shape index (κ3) is 1.71. The van der Waals surface area contributed by atoms with Crippen LogP contribution in [0.15, 0.2) is 23.0 Å². The van der Waals surface area contributed by atoms with Gasteiger partial charge in [0.25, 0.3) is 0 Å². The Bertz CT molecular complexity index is 271. The van der Waals surface area contributed by atoms with E-state index >= 15 is 0 Å². The molecular formula is C12H18O2. The number of hydrogen-bond acceptors (Lipinski definition) is 2. The van der Waals surface area contributed by atoms with Gasteiger partial charge in [-0.1, -0.05) is 26.2 Å². The minimum Gasteiger partial charge on any atom is -0.472 e. The van der Waals surface area contributed by atoms with Crippen LogP contribution in [0.1, 0.15) is 50.7 Å². The summed E-state index contributed by atoms with van der Waals surface area (Å²) in [6, 6.07) is 1.87. The average Bonchev–Trinajstić information content (AvgIpc) is 2.70. The molecule has 1 fully saturated rings. The van der Waals surface area contributed by atoms with Gasteiger partial charge in [-0.2, -0.15) is 0 Å². The zero-order chi connectivity index (χ0) is 10.0. The topological polar surface area (TPSA) is 33.4 Å². The Balaban J connectivity index is 2.13. The summed E-state index contributed by atoms with van der Waals surface area (Å²) >= 11 is 0. The highest BCUT2D eigenvalue weighted by Crippen LogP contribution is 2.45. The van der Waals surface area contributed by atoms with Crippen LogP contribution in [0.5, 0.6) is 0 Å². The molecule has 0 aliphatic heterocycles. The molecule has 78 valence electrons. The van der Waals surface area contributed by atoms with Crippen molar-refractivity contribution in [2.45, 2.75) is 45.1 Å². The molecule has 0 radical (unpaired) electrons. The lowest BCUT2D eigenvalue weighted by Crippen LogP contribution is -2.27.